The van der Waals surface area contributed by atoms with Crippen LogP contribution < -0.4 is 0 Å². The van der Waals surface area contributed by atoms with Crippen LogP contribution in [-0.4, -0.2) is 25.8 Å². The van der Waals surface area contributed by atoms with Gasteiger partial charge in [-0.3, -0.25) is 0 Å². The third-order valence-electron chi connectivity index (χ3n) is 4.28. The highest BCUT2D eigenvalue weighted by Crippen LogP contribution is 2.31. The van der Waals surface area contributed by atoms with Gasteiger partial charge in [-0.15, -0.1) is 11.6 Å². The summed E-state index contributed by atoms with van der Waals surface area (Å²) in [5, 5.41) is 0. The van der Waals surface area contributed by atoms with Crippen molar-refractivity contribution in [2.24, 2.45) is 5.92 Å². The van der Waals surface area contributed by atoms with Crippen molar-refractivity contribution in [3.8, 4) is 0 Å². The standard InChI is InChI=1S/C15H21BrClNO2S/c1-3-12-4-6-18(7-5-12)21(19,20)15-9-13(10-17)8-14(16)11(15)2/h8-9,12H,3-7,10H2,1-2H3. The van der Waals surface area contributed by atoms with E-state index in [1.54, 1.807) is 10.4 Å². The molecule has 1 aromatic rings. The summed E-state index contributed by atoms with van der Waals surface area (Å²) in [5.74, 6) is 0.956. The van der Waals surface area contributed by atoms with E-state index >= 15 is 0 Å². The molecular formula is C15H21BrClNO2S. The minimum atomic E-state index is -3.43. The van der Waals surface area contributed by atoms with Gasteiger partial charge in [-0.05, 0) is 48.9 Å². The van der Waals surface area contributed by atoms with Crippen LogP contribution in [0.4, 0.5) is 0 Å². The molecule has 21 heavy (non-hydrogen) atoms. The Balaban J connectivity index is 2.34. The lowest BCUT2D eigenvalue weighted by molar-refractivity contribution is 0.269. The minimum absolute atomic E-state index is 0.305. The average Bonchev–Trinajstić information content (AvgIpc) is 2.49. The van der Waals surface area contributed by atoms with Gasteiger partial charge in [0.15, 0.2) is 0 Å². The summed E-state index contributed by atoms with van der Waals surface area (Å²) in [6.45, 7) is 5.22. The normalized spacial score (nSPS) is 18.1. The molecule has 6 heteroatoms. The fraction of sp³-hybridized carbons (Fsp3) is 0.600. The van der Waals surface area contributed by atoms with Gasteiger partial charge in [0, 0.05) is 23.4 Å². The summed E-state index contributed by atoms with van der Waals surface area (Å²) in [6, 6.07) is 3.58. The second-order valence-corrected chi connectivity index (χ2v) is 8.62. The van der Waals surface area contributed by atoms with Crippen molar-refractivity contribution in [1.82, 2.24) is 4.31 Å². The predicted molar refractivity (Wildman–Crippen MR) is 90.2 cm³/mol. The number of benzene rings is 1. The van der Waals surface area contributed by atoms with Gasteiger partial charge in [-0.1, -0.05) is 29.3 Å². The van der Waals surface area contributed by atoms with Gasteiger partial charge in [0.1, 0.15) is 0 Å². The topological polar surface area (TPSA) is 37.4 Å². The zero-order chi connectivity index (χ0) is 15.6. The van der Waals surface area contributed by atoms with Crippen molar-refractivity contribution in [2.75, 3.05) is 13.1 Å². The lowest BCUT2D eigenvalue weighted by Gasteiger charge is -2.31. The van der Waals surface area contributed by atoms with Crippen molar-refractivity contribution in [3.63, 3.8) is 0 Å². The van der Waals surface area contributed by atoms with Crippen molar-refractivity contribution in [1.29, 1.82) is 0 Å². The van der Waals surface area contributed by atoms with E-state index in [0.29, 0.717) is 29.8 Å². The maximum Gasteiger partial charge on any atom is 0.243 e. The van der Waals surface area contributed by atoms with E-state index in [0.717, 1.165) is 34.9 Å². The number of sulfonamides is 1. The Kier molecular flexibility index (Phi) is 5.74. The van der Waals surface area contributed by atoms with Gasteiger partial charge in [0.2, 0.25) is 10.0 Å². The lowest BCUT2D eigenvalue weighted by atomic mass is 9.96. The number of rotatable bonds is 4. The van der Waals surface area contributed by atoms with Crippen LogP contribution in [0.2, 0.25) is 0 Å². The van der Waals surface area contributed by atoms with E-state index in [4.69, 9.17) is 11.6 Å². The smallest absolute Gasteiger partial charge is 0.207 e. The third-order valence-corrected chi connectivity index (χ3v) is 7.44. The molecule has 0 unspecified atom stereocenters. The molecule has 3 nitrogen and oxygen atoms in total. The molecule has 0 aliphatic carbocycles. The molecule has 0 atom stereocenters. The number of hydrogen-bond acceptors (Lipinski definition) is 2. The molecule has 1 heterocycles. The second-order valence-electron chi connectivity index (χ2n) is 5.59. The van der Waals surface area contributed by atoms with Crippen LogP contribution in [0.25, 0.3) is 0 Å². The number of hydrogen-bond donors (Lipinski definition) is 0. The predicted octanol–water partition coefficient (Wildman–Crippen LogP) is 4.31. The van der Waals surface area contributed by atoms with E-state index in [1.807, 2.05) is 13.0 Å². The third kappa shape index (κ3) is 3.63. The van der Waals surface area contributed by atoms with Crippen molar-refractivity contribution >= 4 is 37.6 Å². The van der Waals surface area contributed by atoms with Crippen LogP contribution in [0.1, 0.15) is 37.3 Å². The molecule has 0 saturated carbocycles. The van der Waals surface area contributed by atoms with Crippen LogP contribution in [0.15, 0.2) is 21.5 Å². The van der Waals surface area contributed by atoms with Crippen LogP contribution in [0.3, 0.4) is 0 Å². The van der Waals surface area contributed by atoms with Crippen molar-refractivity contribution < 1.29 is 8.42 Å². The molecule has 1 aliphatic heterocycles. The Morgan fingerprint density at radius 3 is 2.48 bits per heavy atom. The van der Waals surface area contributed by atoms with Crippen LogP contribution in [0, 0.1) is 12.8 Å². The van der Waals surface area contributed by atoms with Gasteiger partial charge in [-0.25, -0.2) is 8.42 Å². The highest BCUT2D eigenvalue weighted by Gasteiger charge is 2.30. The van der Waals surface area contributed by atoms with Crippen molar-refractivity contribution in [2.45, 2.75) is 43.9 Å². The minimum Gasteiger partial charge on any atom is -0.207 e. The van der Waals surface area contributed by atoms with Gasteiger partial charge >= 0.3 is 0 Å². The van der Waals surface area contributed by atoms with Crippen molar-refractivity contribution in [3.05, 3.63) is 27.7 Å². The number of alkyl halides is 1. The van der Waals surface area contributed by atoms with E-state index in [1.165, 1.54) is 0 Å². The fourth-order valence-corrected chi connectivity index (χ4v) is 5.31. The molecule has 1 fully saturated rings. The van der Waals surface area contributed by atoms with Crippen LogP contribution >= 0.6 is 27.5 Å². The van der Waals surface area contributed by atoms with Gasteiger partial charge in [0.25, 0.3) is 0 Å². The molecule has 118 valence electrons. The van der Waals surface area contributed by atoms with Crippen LogP contribution in [-0.2, 0) is 15.9 Å². The average molecular weight is 395 g/mol. The zero-order valence-electron chi connectivity index (χ0n) is 12.4. The molecule has 1 aliphatic rings. The maximum absolute atomic E-state index is 12.9. The lowest BCUT2D eigenvalue weighted by Crippen LogP contribution is -2.38. The summed E-state index contributed by atoms with van der Waals surface area (Å²) in [6.07, 6.45) is 3.02. The van der Waals surface area contributed by atoms with E-state index in [9.17, 15) is 8.42 Å². The monoisotopic (exact) mass is 393 g/mol. The first-order chi connectivity index (χ1) is 9.90. The molecule has 0 radical (unpaired) electrons. The molecule has 0 amide bonds. The van der Waals surface area contributed by atoms with Gasteiger partial charge in [0.05, 0.1) is 4.90 Å². The Morgan fingerprint density at radius 2 is 1.95 bits per heavy atom. The summed E-state index contributed by atoms with van der Waals surface area (Å²) in [5.41, 5.74) is 1.57. The van der Waals surface area contributed by atoms with Gasteiger partial charge in [-0.2, -0.15) is 4.31 Å². The Labute approximate surface area is 140 Å². The highest BCUT2D eigenvalue weighted by molar-refractivity contribution is 9.10. The Morgan fingerprint density at radius 1 is 1.33 bits per heavy atom. The molecule has 0 bridgehead atoms. The molecule has 0 N–H and O–H groups in total. The molecular weight excluding hydrogens is 374 g/mol. The Bertz CT molecular complexity index is 610. The number of nitrogens with zero attached hydrogens (tertiary/aromatic N) is 1. The van der Waals surface area contributed by atoms with E-state index in [-0.39, 0.29) is 0 Å². The summed E-state index contributed by atoms with van der Waals surface area (Å²) in [4.78, 5) is 0.377. The first-order valence-electron chi connectivity index (χ1n) is 7.25. The molecule has 0 spiro atoms. The van der Waals surface area contributed by atoms with Crippen LogP contribution in [0.5, 0.6) is 0 Å². The maximum atomic E-state index is 12.9. The molecule has 2 rings (SSSR count). The first-order valence-corrected chi connectivity index (χ1v) is 10.0. The quantitative estimate of drug-likeness (QED) is 0.714. The Hall–Kier alpha value is -0.100. The molecule has 0 aromatic heterocycles. The van der Waals surface area contributed by atoms with Gasteiger partial charge < -0.3 is 0 Å². The summed E-state index contributed by atoms with van der Waals surface area (Å²) in [7, 11) is -3.43. The fourth-order valence-electron chi connectivity index (χ4n) is 2.75. The second kappa shape index (κ2) is 6.99. The zero-order valence-corrected chi connectivity index (χ0v) is 15.6. The number of piperidine rings is 1. The first kappa shape index (κ1) is 17.3. The molecule has 1 aromatic carbocycles. The van der Waals surface area contributed by atoms with E-state index in [2.05, 4.69) is 22.9 Å². The summed E-state index contributed by atoms with van der Waals surface area (Å²) >= 11 is 9.30. The largest absolute Gasteiger partial charge is 0.243 e. The summed E-state index contributed by atoms with van der Waals surface area (Å²) < 4.78 is 28.2. The molecule has 1 saturated heterocycles. The van der Waals surface area contributed by atoms with E-state index < -0.39 is 10.0 Å². The number of halogens is 2. The SMILES string of the molecule is CCC1CCN(S(=O)(=O)c2cc(CCl)cc(Br)c2C)CC1. The highest BCUT2D eigenvalue weighted by atomic mass is 79.9.